The van der Waals surface area contributed by atoms with Crippen LogP contribution in [0, 0.1) is 11.8 Å². The van der Waals surface area contributed by atoms with E-state index in [1.165, 1.54) is 49.2 Å². The predicted octanol–water partition coefficient (Wildman–Crippen LogP) is 10.3. The minimum atomic E-state index is 0.0289. The van der Waals surface area contributed by atoms with Crippen LogP contribution in [0.1, 0.15) is 88.8 Å². The molecule has 4 heterocycles. The molecule has 2 fully saturated rings. The highest BCUT2D eigenvalue weighted by atomic mass is 32.2. The van der Waals surface area contributed by atoms with Crippen LogP contribution in [0.25, 0.3) is 21.9 Å². The number of hydrogen-bond donors (Lipinski definition) is 0. The Balaban J connectivity index is 1.41. The van der Waals surface area contributed by atoms with E-state index in [-0.39, 0.29) is 11.8 Å². The van der Waals surface area contributed by atoms with Crippen LogP contribution in [0.5, 0.6) is 0 Å². The zero-order valence-electron chi connectivity index (χ0n) is 24.9. The van der Waals surface area contributed by atoms with Gasteiger partial charge in [0.05, 0.1) is 9.81 Å². The number of nitrogens with zero attached hydrogens (tertiary/aromatic N) is 2. The number of thiophene rings is 2. The number of thiocarbonyl (C=S) groups is 2. The quantitative estimate of drug-likeness (QED) is 0.138. The average Bonchev–Trinajstić information content (AvgIpc) is 3.75. The van der Waals surface area contributed by atoms with Gasteiger partial charge in [0.2, 0.25) is 0 Å². The van der Waals surface area contributed by atoms with Gasteiger partial charge in [-0.25, -0.2) is 0 Å². The Labute approximate surface area is 278 Å². The number of amides is 2. The molecule has 0 aliphatic carbocycles. The molecule has 0 aromatic carbocycles. The van der Waals surface area contributed by atoms with Crippen molar-refractivity contribution in [2.45, 2.75) is 79.1 Å². The summed E-state index contributed by atoms with van der Waals surface area (Å²) in [7, 11) is 0. The van der Waals surface area contributed by atoms with Crippen LogP contribution < -0.4 is 0 Å². The number of thioether (sulfide) groups is 2. The molecule has 0 bridgehead atoms. The Bertz CT molecular complexity index is 1250. The molecule has 0 radical (unpaired) electrons. The predicted molar refractivity (Wildman–Crippen MR) is 194 cm³/mol. The number of hydrogen-bond acceptors (Lipinski definition) is 8. The minimum Gasteiger partial charge on any atom is -0.293 e. The molecule has 2 saturated heterocycles. The van der Waals surface area contributed by atoms with Gasteiger partial charge >= 0.3 is 0 Å². The van der Waals surface area contributed by atoms with Crippen molar-refractivity contribution in [2.24, 2.45) is 11.8 Å². The van der Waals surface area contributed by atoms with Gasteiger partial charge in [-0.15, -0.1) is 22.7 Å². The second-order valence-corrected chi connectivity index (χ2v) is 16.4. The van der Waals surface area contributed by atoms with Gasteiger partial charge < -0.3 is 0 Å². The van der Waals surface area contributed by atoms with Crippen LogP contribution in [0.4, 0.5) is 0 Å². The van der Waals surface area contributed by atoms with Crippen LogP contribution >= 0.6 is 70.6 Å². The summed E-state index contributed by atoms with van der Waals surface area (Å²) in [5.74, 6) is 1.03. The highest BCUT2D eigenvalue weighted by molar-refractivity contribution is 8.27. The first kappa shape index (κ1) is 33.6. The van der Waals surface area contributed by atoms with Gasteiger partial charge in [0.15, 0.2) is 0 Å². The van der Waals surface area contributed by atoms with Crippen molar-refractivity contribution in [3.8, 4) is 9.75 Å². The van der Waals surface area contributed by atoms with Gasteiger partial charge in [-0.1, -0.05) is 114 Å². The van der Waals surface area contributed by atoms with E-state index in [2.05, 4.69) is 52.0 Å². The lowest BCUT2D eigenvalue weighted by atomic mass is 9.99. The lowest BCUT2D eigenvalue weighted by Gasteiger charge is -2.21. The molecule has 10 heteroatoms. The highest BCUT2D eigenvalue weighted by Gasteiger charge is 2.34. The van der Waals surface area contributed by atoms with E-state index >= 15 is 0 Å². The molecule has 0 spiro atoms. The summed E-state index contributed by atoms with van der Waals surface area (Å²) in [6.45, 7) is 10.2. The fraction of sp³-hybridized carbons (Fsp3) is 0.500. The summed E-state index contributed by atoms with van der Waals surface area (Å²) in [5, 5.41) is 0. The van der Waals surface area contributed by atoms with Gasteiger partial charge in [-0.05, 0) is 61.1 Å². The lowest BCUT2D eigenvalue weighted by Crippen LogP contribution is -2.33. The maximum Gasteiger partial charge on any atom is 0.266 e. The second kappa shape index (κ2) is 16.1. The number of rotatable bonds is 15. The van der Waals surface area contributed by atoms with Crippen molar-refractivity contribution in [1.82, 2.24) is 9.80 Å². The second-order valence-electron chi connectivity index (χ2n) is 10.8. The fourth-order valence-electron chi connectivity index (χ4n) is 5.05. The van der Waals surface area contributed by atoms with E-state index in [0.29, 0.717) is 43.4 Å². The van der Waals surface area contributed by atoms with Gasteiger partial charge in [-0.3, -0.25) is 19.4 Å². The van der Waals surface area contributed by atoms with Crippen LogP contribution in [0.15, 0.2) is 34.1 Å². The molecule has 2 unspecified atom stereocenters. The van der Waals surface area contributed by atoms with E-state index in [4.69, 9.17) is 24.4 Å². The summed E-state index contributed by atoms with van der Waals surface area (Å²) >= 11 is 17.3. The van der Waals surface area contributed by atoms with Crippen LogP contribution in [-0.4, -0.2) is 43.3 Å². The Kier molecular flexibility index (Phi) is 12.9. The van der Waals surface area contributed by atoms with Crippen LogP contribution in [0.2, 0.25) is 0 Å². The fourth-order valence-corrected chi connectivity index (χ4v) is 9.72. The molecule has 42 heavy (non-hydrogen) atoms. The van der Waals surface area contributed by atoms with E-state index in [0.717, 1.165) is 45.2 Å². The summed E-state index contributed by atoms with van der Waals surface area (Å²) < 4.78 is 1.33. The lowest BCUT2D eigenvalue weighted by molar-refractivity contribution is -0.123. The zero-order valence-corrected chi connectivity index (χ0v) is 29.7. The minimum absolute atomic E-state index is 0.0289. The molecule has 226 valence electrons. The van der Waals surface area contributed by atoms with Crippen molar-refractivity contribution >= 4 is 103 Å². The number of carbonyl (C=O) groups is 2. The molecule has 4 rings (SSSR count). The first-order valence-corrected chi connectivity index (χ1v) is 19.1. The Morgan fingerprint density at radius 1 is 0.690 bits per heavy atom. The molecule has 2 aliphatic rings. The first-order valence-electron chi connectivity index (χ1n) is 15.0. The van der Waals surface area contributed by atoms with Crippen molar-refractivity contribution in [1.29, 1.82) is 0 Å². The number of carbonyl (C=O) groups excluding carboxylic acids is 2. The molecule has 0 saturated carbocycles. The monoisotopic (exact) mass is 676 g/mol. The van der Waals surface area contributed by atoms with Gasteiger partial charge in [0.25, 0.3) is 11.8 Å². The van der Waals surface area contributed by atoms with Gasteiger partial charge in [0, 0.05) is 32.6 Å². The van der Waals surface area contributed by atoms with Crippen LogP contribution in [0.3, 0.4) is 0 Å². The molecule has 0 N–H and O–H groups in total. The molecule has 2 aromatic rings. The molecule has 4 nitrogen and oxygen atoms in total. The third-order valence-corrected chi connectivity index (χ3v) is 12.8. The third-order valence-electron chi connectivity index (χ3n) is 7.76. The van der Waals surface area contributed by atoms with Crippen molar-refractivity contribution in [3.05, 3.63) is 43.8 Å². The zero-order chi connectivity index (χ0) is 30.2. The Morgan fingerprint density at radius 3 is 1.45 bits per heavy atom. The molecule has 2 aliphatic heterocycles. The first-order chi connectivity index (χ1) is 20.3. The Hall–Kier alpha value is -1.30. The average molecular weight is 677 g/mol. The summed E-state index contributed by atoms with van der Waals surface area (Å²) in [5.41, 5.74) is 0. The van der Waals surface area contributed by atoms with Crippen molar-refractivity contribution in [3.63, 3.8) is 0 Å². The molecular formula is C32H40N2O2S6. The third kappa shape index (κ3) is 8.45. The van der Waals surface area contributed by atoms with Gasteiger partial charge in [0.1, 0.15) is 8.64 Å². The molecule has 2 aromatic heterocycles. The molecular weight excluding hydrogens is 637 g/mol. The maximum absolute atomic E-state index is 13.2. The normalized spacial score (nSPS) is 19.2. The smallest absolute Gasteiger partial charge is 0.266 e. The van der Waals surface area contributed by atoms with E-state index < -0.39 is 0 Å². The topological polar surface area (TPSA) is 40.6 Å². The summed E-state index contributed by atoms with van der Waals surface area (Å²) in [4.78, 5) is 35.7. The van der Waals surface area contributed by atoms with Gasteiger partial charge in [-0.2, -0.15) is 0 Å². The van der Waals surface area contributed by atoms with Crippen molar-refractivity contribution < 1.29 is 9.59 Å². The maximum atomic E-state index is 13.2. The van der Waals surface area contributed by atoms with Crippen LogP contribution in [-0.2, 0) is 9.59 Å². The summed E-state index contributed by atoms with van der Waals surface area (Å²) in [6, 6.07) is 8.34. The van der Waals surface area contributed by atoms with E-state index in [1.54, 1.807) is 32.5 Å². The van der Waals surface area contributed by atoms with E-state index in [9.17, 15) is 9.59 Å². The van der Waals surface area contributed by atoms with Crippen molar-refractivity contribution in [2.75, 3.05) is 13.1 Å². The summed E-state index contributed by atoms with van der Waals surface area (Å²) in [6.07, 6.45) is 13.0. The van der Waals surface area contributed by atoms with E-state index in [1.807, 2.05) is 12.2 Å². The highest BCUT2D eigenvalue weighted by Crippen LogP contribution is 2.40. The number of unbranched alkanes of at least 4 members (excludes halogenated alkanes) is 2. The SMILES string of the molecule is CCCCC(CC)CN1C(=O)/C(=C/c2ccc(-c3ccc(/C=C4\SC(=S)N(CC(CC)CCCC)C4=O)s3)s2)SC1=S. The molecule has 2 atom stereocenters. The Morgan fingerprint density at radius 2 is 1.10 bits per heavy atom. The molecule has 2 amide bonds. The standard InChI is InChI=1S/C32H40N2O2S6/c1-5-9-11-21(7-3)19-33-29(35)27(41-31(33)37)17-23-13-15-25(39-23)26-16-14-24(40-26)18-28-30(36)34(32(38)42-28)20-22(8-4)12-10-6-2/h13-18,21-22H,5-12,19-20H2,1-4H3/b27-17-,28-18-. The largest absolute Gasteiger partial charge is 0.293 e.